The fourth-order valence-corrected chi connectivity index (χ4v) is 3.00. The van der Waals surface area contributed by atoms with E-state index in [1.807, 2.05) is 32.9 Å². The Kier molecular flexibility index (Phi) is 4.80. The molecule has 3 unspecified atom stereocenters. The van der Waals surface area contributed by atoms with Crippen molar-refractivity contribution in [1.29, 1.82) is 0 Å². The molecule has 0 aliphatic carbocycles. The van der Waals surface area contributed by atoms with Gasteiger partial charge in [0.15, 0.2) is 0 Å². The Morgan fingerprint density at radius 1 is 1.32 bits per heavy atom. The Hall–Kier alpha value is -1.56. The Morgan fingerprint density at radius 2 is 2.00 bits per heavy atom. The van der Waals surface area contributed by atoms with Gasteiger partial charge in [-0.1, -0.05) is 23.8 Å². The van der Waals surface area contributed by atoms with Gasteiger partial charge in [0.2, 0.25) is 0 Å². The van der Waals surface area contributed by atoms with Gasteiger partial charge < -0.3 is 10.6 Å². The Balaban J connectivity index is 2.15. The highest BCUT2D eigenvalue weighted by molar-refractivity contribution is 5.82. The molecule has 0 saturated carbocycles. The van der Waals surface area contributed by atoms with Crippen molar-refractivity contribution in [2.24, 2.45) is 0 Å². The highest BCUT2D eigenvalue weighted by atomic mass is 19.4. The molecule has 2 rings (SSSR count). The minimum atomic E-state index is -4.84. The molecule has 0 bridgehead atoms. The number of halogens is 3. The van der Waals surface area contributed by atoms with Gasteiger partial charge >= 0.3 is 12.1 Å². The van der Waals surface area contributed by atoms with Crippen molar-refractivity contribution in [2.45, 2.75) is 51.4 Å². The summed E-state index contributed by atoms with van der Waals surface area (Å²) >= 11 is 0. The second kappa shape index (κ2) is 6.28. The van der Waals surface area contributed by atoms with Crippen molar-refractivity contribution < 1.29 is 18.0 Å². The molecule has 1 aromatic carbocycles. The fourth-order valence-electron chi connectivity index (χ4n) is 3.00. The number of rotatable bonds is 2. The van der Waals surface area contributed by atoms with E-state index in [0.29, 0.717) is 13.0 Å². The van der Waals surface area contributed by atoms with E-state index in [1.54, 1.807) is 0 Å². The molecule has 0 radical (unpaired) electrons. The maximum absolute atomic E-state index is 12.4. The van der Waals surface area contributed by atoms with Crippen LogP contribution in [0.3, 0.4) is 0 Å². The molecule has 1 aliphatic rings. The summed E-state index contributed by atoms with van der Waals surface area (Å²) in [6, 6.07) is 5.75. The zero-order chi connectivity index (χ0) is 16.5. The van der Waals surface area contributed by atoms with Crippen molar-refractivity contribution in [3.63, 3.8) is 0 Å². The van der Waals surface area contributed by atoms with Crippen LogP contribution in [0.25, 0.3) is 0 Å². The zero-order valence-electron chi connectivity index (χ0n) is 12.9. The van der Waals surface area contributed by atoms with Crippen molar-refractivity contribution in [1.82, 2.24) is 10.6 Å². The van der Waals surface area contributed by atoms with Crippen molar-refractivity contribution in [2.75, 3.05) is 6.54 Å². The standard InChI is InChI=1S/C16H21F3N2O/c1-9-4-5-10(2)13(6-9)14-7-12(8-20-11(14)3)21-15(22)16(17,18)19/h4-6,11-12,14,20H,7-8H2,1-3H3,(H,21,22). The van der Waals surface area contributed by atoms with E-state index in [1.165, 1.54) is 0 Å². The maximum Gasteiger partial charge on any atom is 0.471 e. The normalized spacial score (nSPS) is 25.8. The van der Waals surface area contributed by atoms with E-state index in [0.717, 1.165) is 16.7 Å². The van der Waals surface area contributed by atoms with Gasteiger partial charge in [0.05, 0.1) is 0 Å². The van der Waals surface area contributed by atoms with Crippen LogP contribution in [0, 0.1) is 13.8 Å². The molecule has 3 atom stereocenters. The molecule has 22 heavy (non-hydrogen) atoms. The van der Waals surface area contributed by atoms with Crippen LogP contribution in [0.15, 0.2) is 18.2 Å². The molecule has 1 amide bonds. The van der Waals surface area contributed by atoms with Gasteiger partial charge in [-0.3, -0.25) is 4.79 Å². The number of hydrogen-bond acceptors (Lipinski definition) is 2. The number of hydrogen-bond donors (Lipinski definition) is 2. The van der Waals surface area contributed by atoms with Crippen LogP contribution in [0.4, 0.5) is 13.2 Å². The molecule has 6 heteroatoms. The van der Waals surface area contributed by atoms with Crippen molar-refractivity contribution >= 4 is 5.91 Å². The van der Waals surface area contributed by atoms with Gasteiger partial charge in [-0.2, -0.15) is 13.2 Å². The van der Waals surface area contributed by atoms with E-state index in [2.05, 4.69) is 16.7 Å². The molecular weight excluding hydrogens is 293 g/mol. The molecule has 0 spiro atoms. The summed E-state index contributed by atoms with van der Waals surface area (Å²) in [7, 11) is 0. The number of piperidine rings is 1. The summed E-state index contributed by atoms with van der Waals surface area (Å²) in [5.41, 5.74) is 3.37. The molecule has 1 saturated heterocycles. The molecule has 1 heterocycles. The van der Waals surface area contributed by atoms with Gasteiger partial charge in [-0.15, -0.1) is 0 Å². The number of carbonyl (C=O) groups is 1. The van der Waals surface area contributed by atoms with Crippen LogP contribution >= 0.6 is 0 Å². The molecular formula is C16H21F3N2O. The molecule has 3 nitrogen and oxygen atoms in total. The number of benzene rings is 1. The summed E-state index contributed by atoms with van der Waals surface area (Å²) in [6.07, 6.45) is -4.34. The van der Waals surface area contributed by atoms with Gasteiger partial charge in [0, 0.05) is 24.5 Å². The third kappa shape index (κ3) is 3.80. The first kappa shape index (κ1) is 16.8. The summed E-state index contributed by atoms with van der Waals surface area (Å²) in [5.74, 6) is -1.79. The fraction of sp³-hybridized carbons (Fsp3) is 0.562. The first-order chi connectivity index (χ1) is 10.2. The smallest absolute Gasteiger partial charge is 0.344 e. The summed E-state index contributed by atoms with van der Waals surface area (Å²) in [5, 5.41) is 5.29. The zero-order valence-corrected chi connectivity index (χ0v) is 12.9. The van der Waals surface area contributed by atoms with Crippen LogP contribution in [-0.2, 0) is 4.79 Å². The molecule has 1 aliphatic heterocycles. The lowest BCUT2D eigenvalue weighted by Crippen LogP contribution is -2.54. The minimum absolute atomic E-state index is 0.0761. The van der Waals surface area contributed by atoms with E-state index in [4.69, 9.17) is 0 Å². The first-order valence-electron chi connectivity index (χ1n) is 7.36. The Bertz CT molecular complexity index is 557. The quantitative estimate of drug-likeness (QED) is 0.881. The molecule has 0 aromatic heterocycles. The van der Waals surface area contributed by atoms with Gasteiger partial charge in [-0.25, -0.2) is 0 Å². The monoisotopic (exact) mass is 314 g/mol. The average Bonchev–Trinajstić information content (AvgIpc) is 2.42. The topological polar surface area (TPSA) is 41.1 Å². The number of aryl methyl sites for hydroxylation is 2. The third-order valence-corrected chi connectivity index (χ3v) is 4.26. The van der Waals surface area contributed by atoms with Crippen LogP contribution in [0.5, 0.6) is 0 Å². The van der Waals surface area contributed by atoms with Crippen LogP contribution < -0.4 is 10.6 Å². The Morgan fingerprint density at radius 3 is 2.64 bits per heavy atom. The molecule has 1 fully saturated rings. The van der Waals surface area contributed by atoms with Crippen molar-refractivity contribution in [3.05, 3.63) is 34.9 Å². The lowest BCUT2D eigenvalue weighted by Gasteiger charge is -2.37. The summed E-state index contributed by atoms with van der Waals surface area (Å²) < 4.78 is 37.2. The third-order valence-electron chi connectivity index (χ3n) is 4.26. The minimum Gasteiger partial charge on any atom is -0.344 e. The van der Waals surface area contributed by atoms with Crippen LogP contribution in [0.2, 0.25) is 0 Å². The first-order valence-corrected chi connectivity index (χ1v) is 7.36. The van der Waals surface area contributed by atoms with E-state index < -0.39 is 18.1 Å². The van der Waals surface area contributed by atoms with Crippen LogP contribution in [0.1, 0.15) is 36.0 Å². The number of amides is 1. The highest BCUT2D eigenvalue weighted by Gasteiger charge is 2.41. The molecule has 1 aromatic rings. The molecule has 2 N–H and O–H groups in total. The van der Waals surface area contributed by atoms with Gasteiger partial charge in [0.25, 0.3) is 0 Å². The van der Waals surface area contributed by atoms with Gasteiger partial charge in [0.1, 0.15) is 0 Å². The van der Waals surface area contributed by atoms with E-state index >= 15 is 0 Å². The Labute approximate surface area is 128 Å². The van der Waals surface area contributed by atoms with E-state index in [9.17, 15) is 18.0 Å². The predicted molar refractivity (Wildman–Crippen MR) is 78.7 cm³/mol. The second-order valence-corrected chi connectivity index (χ2v) is 6.07. The second-order valence-electron chi connectivity index (χ2n) is 6.07. The lowest BCUT2D eigenvalue weighted by molar-refractivity contribution is -0.174. The summed E-state index contributed by atoms with van der Waals surface area (Å²) in [6.45, 7) is 6.37. The number of carbonyl (C=O) groups excluding carboxylic acids is 1. The lowest BCUT2D eigenvalue weighted by atomic mass is 9.81. The highest BCUT2D eigenvalue weighted by Crippen LogP contribution is 2.31. The number of alkyl halides is 3. The molecule has 122 valence electrons. The maximum atomic E-state index is 12.4. The average molecular weight is 314 g/mol. The number of nitrogens with one attached hydrogen (secondary N) is 2. The van der Waals surface area contributed by atoms with Crippen molar-refractivity contribution in [3.8, 4) is 0 Å². The summed E-state index contributed by atoms with van der Waals surface area (Å²) in [4.78, 5) is 11.1. The SMILES string of the molecule is Cc1ccc(C)c(C2CC(NC(=O)C(F)(F)F)CNC2C)c1. The van der Waals surface area contributed by atoms with Gasteiger partial charge in [-0.05, 0) is 38.3 Å². The predicted octanol–water partition coefficient (Wildman–Crippen LogP) is 2.82. The largest absolute Gasteiger partial charge is 0.471 e. The van der Waals surface area contributed by atoms with Crippen LogP contribution in [-0.4, -0.2) is 30.7 Å². The van der Waals surface area contributed by atoms with E-state index in [-0.39, 0.29) is 12.0 Å².